The maximum atomic E-state index is 6.42. The van der Waals surface area contributed by atoms with E-state index in [1.54, 1.807) is 0 Å². The van der Waals surface area contributed by atoms with Gasteiger partial charge in [0.1, 0.15) is 18.8 Å². The lowest BCUT2D eigenvalue weighted by molar-refractivity contribution is -0.918. The number of nitrogens with zero attached hydrogens (tertiary/aromatic N) is 1. The molecule has 40 heavy (non-hydrogen) atoms. The number of quaternary nitrogens is 1. The number of rotatable bonds is 31. The molecule has 0 aliphatic heterocycles. The van der Waals surface area contributed by atoms with Gasteiger partial charge in [-0.25, -0.2) is 0 Å². The van der Waals surface area contributed by atoms with Gasteiger partial charge in [-0.3, -0.25) is 5.73 Å². The van der Waals surface area contributed by atoms with Crippen LogP contribution < -0.4 is 5.73 Å². The molecule has 0 amide bonds. The molecule has 0 fully saturated rings. The van der Waals surface area contributed by atoms with Crippen molar-refractivity contribution in [3.63, 3.8) is 0 Å². The summed E-state index contributed by atoms with van der Waals surface area (Å²) < 4.78 is 13.3. The topological polar surface area (TPSA) is 44.5 Å². The summed E-state index contributed by atoms with van der Waals surface area (Å²) in [5.41, 5.74) is 6.42. The summed E-state index contributed by atoms with van der Waals surface area (Å²) in [6.07, 6.45) is 36.5. The zero-order chi connectivity index (χ0) is 29.6. The van der Waals surface area contributed by atoms with Crippen molar-refractivity contribution in [2.24, 2.45) is 5.73 Å². The number of hydrogen-bond donors (Lipinski definition) is 1. The van der Waals surface area contributed by atoms with E-state index in [0.717, 1.165) is 43.5 Å². The van der Waals surface area contributed by atoms with E-state index in [9.17, 15) is 0 Å². The summed E-state index contributed by atoms with van der Waals surface area (Å²) in [5, 5.41) is 0. The molecule has 0 spiro atoms. The lowest BCUT2D eigenvalue weighted by Gasteiger charge is -2.37. The van der Waals surface area contributed by atoms with Crippen molar-refractivity contribution >= 4 is 0 Å². The van der Waals surface area contributed by atoms with Crippen LogP contribution in [0.5, 0.6) is 0 Å². The summed E-state index contributed by atoms with van der Waals surface area (Å²) in [5.74, 6) is 0. The maximum absolute atomic E-state index is 6.42. The molecule has 238 valence electrons. The van der Waals surface area contributed by atoms with Gasteiger partial charge in [-0.05, 0) is 51.4 Å². The molecule has 0 aromatic carbocycles. The molecule has 2 atom stereocenters. The summed E-state index contributed by atoms with van der Waals surface area (Å²) in [4.78, 5) is 0. The fourth-order valence-electron chi connectivity index (χ4n) is 5.13. The Balaban J connectivity index is 4.00. The van der Waals surface area contributed by atoms with Crippen LogP contribution in [0.25, 0.3) is 0 Å². The van der Waals surface area contributed by atoms with Crippen LogP contribution in [0.15, 0.2) is 24.3 Å². The first-order chi connectivity index (χ1) is 19.5. The highest BCUT2D eigenvalue weighted by Gasteiger charge is 2.28. The highest BCUT2D eigenvalue weighted by Crippen LogP contribution is 2.13. The van der Waals surface area contributed by atoms with Gasteiger partial charge in [-0.15, -0.1) is 0 Å². The van der Waals surface area contributed by atoms with Gasteiger partial charge in [0.2, 0.25) is 0 Å². The smallest absolute Gasteiger partial charge is 0.139 e. The van der Waals surface area contributed by atoms with Crippen LogP contribution in [0, 0.1) is 0 Å². The van der Waals surface area contributed by atoms with Crippen molar-refractivity contribution < 1.29 is 14.0 Å². The second-order valence-electron chi connectivity index (χ2n) is 12.6. The van der Waals surface area contributed by atoms with Crippen molar-refractivity contribution in [2.45, 2.75) is 168 Å². The molecule has 4 nitrogen and oxygen atoms in total. The lowest BCUT2D eigenvalue weighted by Crippen LogP contribution is -2.57. The van der Waals surface area contributed by atoms with Gasteiger partial charge >= 0.3 is 0 Å². The van der Waals surface area contributed by atoms with E-state index in [2.05, 4.69) is 59.2 Å². The number of allylic oxidation sites excluding steroid dienone is 4. The van der Waals surface area contributed by atoms with Crippen LogP contribution in [0.2, 0.25) is 0 Å². The Morgan fingerprint density at radius 2 is 1.00 bits per heavy atom. The molecule has 0 aromatic rings. The van der Waals surface area contributed by atoms with Crippen LogP contribution in [0.1, 0.15) is 156 Å². The van der Waals surface area contributed by atoms with E-state index in [-0.39, 0.29) is 12.3 Å². The SMILES string of the molecule is CCCC/C=C/CCCCCCCCOCC(C[N+](C)(C)C(N)CC)OCCCCCCCC/C=C/CCCC. The first-order valence-electron chi connectivity index (χ1n) is 17.5. The average molecular weight is 566 g/mol. The maximum Gasteiger partial charge on any atom is 0.139 e. The molecule has 0 saturated heterocycles. The van der Waals surface area contributed by atoms with Gasteiger partial charge in [-0.1, -0.05) is 122 Å². The highest BCUT2D eigenvalue weighted by atomic mass is 16.5. The van der Waals surface area contributed by atoms with E-state index in [0.29, 0.717) is 6.61 Å². The van der Waals surface area contributed by atoms with Crippen LogP contribution in [-0.4, -0.2) is 57.2 Å². The predicted octanol–water partition coefficient (Wildman–Crippen LogP) is 10.1. The normalized spacial score (nSPS) is 14.1. The second-order valence-corrected chi connectivity index (χ2v) is 12.6. The Bertz CT molecular complexity index is 561. The predicted molar refractivity (Wildman–Crippen MR) is 178 cm³/mol. The first-order valence-corrected chi connectivity index (χ1v) is 17.5. The molecule has 0 bridgehead atoms. The molecule has 2 N–H and O–H groups in total. The molecule has 0 aliphatic carbocycles. The van der Waals surface area contributed by atoms with Gasteiger partial charge < -0.3 is 14.0 Å². The standard InChI is InChI=1S/C36H73N2O2/c1-6-9-11-13-15-17-19-21-23-25-27-29-31-39-34-35(33-38(4,5)36(37)8-3)40-32-30-28-26-24-22-20-18-16-14-12-10-7-2/h13-16,35-36H,6-12,17-34,37H2,1-5H3/q+1/b15-13+,16-14+. The Labute approximate surface area is 252 Å². The highest BCUT2D eigenvalue weighted by molar-refractivity contribution is 4.81. The van der Waals surface area contributed by atoms with Gasteiger partial charge in [0.05, 0.1) is 20.7 Å². The third-order valence-electron chi connectivity index (χ3n) is 8.10. The van der Waals surface area contributed by atoms with E-state index in [4.69, 9.17) is 15.2 Å². The summed E-state index contributed by atoms with van der Waals surface area (Å²) in [6.45, 7) is 9.97. The zero-order valence-electron chi connectivity index (χ0n) is 28.0. The van der Waals surface area contributed by atoms with Gasteiger partial charge in [0, 0.05) is 19.6 Å². The van der Waals surface area contributed by atoms with Crippen LogP contribution in [0.4, 0.5) is 0 Å². The quantitative estimate of drug-likeness (QED) is 0.0393. The molecule has 0 aromatic heterocycles. The molecule has 0 heterocycles. The van der Waals surface area contributed by atoms with Gasteiger partial charge in [0.25, 0.3) is 0 Å². The van der Waals surface area contributed by atoms with E-state index in [1.165, 1.54) is 116 Å². The Morgan fingerprint density at radius 3 is 1.48 bits per heavy atom. The molecule has 4 heteroatoms. The molecule has 0 saturated carbocycles. The van der Waals surface area contributed by atoms with Crippen LogP contribution >= 0.6 is 0 Å². The number of hydrogen-bond acceptors (Lipinski definition) is 3. The van der Waals surface area contributed by atoms with Crippen LogP contribution in [0.3, 0.4) is 0 Å². The minimum Gasteiger partial charge on any atom is -0.379 e. The largest absolute Gasteiger partial charge is 0.379 e. The van der Waals surface area contributed by atoms with Crippen molar-refractivity contribution in [2.75, 3.05) is 40.5 Å². The summed E-state index contributed by atoms with van der Waals surface area (Å²) >= 11 is 0. The van der Waals surface area contributed by atoms with E-state index >= 15 is 0 Å². The van der Waals surface area contributed by atoms with Gasteiger partial charge in [0.15, 0.2) is 0 Å². The third kappa shape index (κ3) is 26.2. The van der Waals surface area contributed by atoms with Crippen molar-refractivity contribution in [3.05, 3.63) is 24.3 Å². The van der Waals surface area contributed by atoms with Gasteiger partial charge in [-0.2, -0.15) is 0 Å². The summed E-state index contributed by atoms with van der Waals surface area (Å²) in [6, 6.07) is 0. The number of nitrogens with two attached hydrogens (primary N) is 1. The van der Waals surface area contributed by atoms with Crippen LogP contribution in [-0.2, 0) is 9.47 Å². The summed E-state index contributed by atoms with van der Waals surface area (Å²) in [7, 11) is 4.45. The van der Waals surface area contributed by atoms with E-state index < -0.39 is 0 Å². The minimum atomic E-state index is 0.123. The molecular weight excluding hydrogens is 492 g/mol. The Kier molecular flexibility index (Phi) is 29.3. The fraction of sp³-hybridized carbons (Fsp3) is 0.889. The number of unbranched alkanes of at least 4 members (excludes halogenated alkanes) is 16. The molecule has 0 aliphatic rings. The lowest BCUT2D eigenvalue weighted by atomic mass is 10.1. The fourth-order valence-corrected chi connectivity index (χ4v) is 5.13. The van der Waals surface area contributed by atoms with Crippen molar-refractivity contribution in [3.8, 4) is 0 Å². The minimum absolute atomic E-state index is 0.123. The molecule has 2 unspecified atom stereocenters. The van der Waals surface area contributed by atoms with E-state index in [1.807, 2.05) is 0 Å². The average Bonchev–Trinajstić information content (AvgIpc) is 2.94. The molecular formula is C36H73N2O2+. The second kappa shape index (κ2) is 29.8. The Morgan fingerprint density at radius 1 is 0.575 bits per heavy atom. The molecule has 0 rings (SSSR count). The Hall–Kier alpha value is -0.680. The van der Waals surface area contributed by atoms with Crippen molar-refractivity contribution in [1.29, 1.82) is 0 Å². The monoisotopic (exact) mass is 566 g/mol. The first kappa shape index (κ1) is 39.3. The number of likely N-dealkylation sites (N-methyl/N-ethyl adjacent to an activating group) is 1. The third-order valence-corrected chi connectivity index (χ3v) is 8.10. The molecule has 0 radical (unpaired) electrons. The number of ether oxygens (including phenoxy) is 2. The zero-order valence-corrected chi connectivity index (χ0v) is 28.0. The van der Waals surface area contributed by atoms with Crippen molar-refractivity contribution in [1.82, 2.24) is 0 Å².